The molecule has 0 aromatic carbocycles. The lowest BCUT2D eigenvalue weighted by Gasteiger charge is -2.33. The molecule has 1 N–H and O–H groups in total. The van der Waals surface area contributed by atoms with Crippen LogP contribution < -0.4 is 0 Å². The van der Waals surface area contributed by atoms with E-state index in [1.165, 1.54) is 0 Å². The predicted octanol–water partition coefficient (Wildman–Crippen LogP) is 2.15. The second kappa shape index (κ2) is 6.55. The first-order valence-corrected chi connectivity index (χ1v) is 7.63. The van der Waals surface area contributed by atoms with Gasteiger partial charge < -0.3 is 9.67 Å². The van der Waals surface area contributed by atoms with E-state index in [0.29, 0.717) is 6.54 Å². The third-order valence-electron chi connectivity index (χ3n) is 4.50. The van der Waals surface area contributed by atoms with Crippen molar-refractivity contribution >= 4 is 5.78 Å². The molecule has 4 heteroatoms. The van der Waals surface area contributed by atoms with Crippen LogP contribution in [-0.4, -0.2) is 46.1 Å². The van der Waals surface area contributed by atoms with E-state index in [9.17, 15) is 9.90 Å². The third-order valence-corrected chi connectivity index (χ3v) is 4.50. The van der Waals surface area contributed by atoms with E-state index in [0.717, 1.165) is 49.3 Å². The molecule has 1 aromatic heterocycles. The molecule has 1 aliphatic rings. The molecule has 112 valence electrons. The zero-order valence-electron chi connectivity index (χ0n) is 12.9. The van der Waals surface area contributed by atoms with Crippen molar-refractivity contribution in [2.75, 3.05) is 19.7 Å². The topological polar surface area (TPSA) is 45.5 Å². The molecule has 1 aliphatic heterocycles. The molecule has 0 saturated carbocycles. The van der Waals surface area contributed by atoms with Crippen molar-refractivity contribution in [3.63, 3.8) is 0 Å². The van der Waals surface area contributed by atoms with Crippen LogP contribution in [-0.2, 0) is 6.54 Å². The Bertz CT molecular complexity index is 479. The Labute approximate surface area is 121 Å². The van der Waals surface area contributed by atoms with Gasteiger partial charge in [-0.25, -0.2) is 0 Å². The Balaban J connectivity index is 2.11. The molecule has 0 aliphatic carbocycles. The number of piperidine rings is 1. The van der Waals surface area contributed by atoms with Gasteiger partial charge >= 0.3 is 0 Å². The molecule has 1 saturated heterocycles. The summed E-state index contributed by atoms with van der Waals surface area (Å²) >= 11 is 0. The number of hydrogen-bond acceptors (Lipinski definition) is 3. The van der Waals surface area contributed by atoms with Gasteiger partial charge in [0.25, 0.3) is 0 Å². The highest BCUT2D eigenvalue weighted by molar-refractivity contribution is 5.99. The summed E-state index contributed by atoms with van der Waals surface area (Å²) in [7, 11) is 0. The molecule has 1 aromatic rings. The number of aryl methyl sites for hydroxylation is 1. The summed E-state index contributed by atoms with van der Waals surface area (Å²) in [5.41, 5.74) is 3.05. The maximum absolute atomic E-state index is 12.5. The van der Waals surface area contributed by atoms with Gasteiger partial charge in [0.2, 0.25) is 0 Å². The van der Waals surface area contributed by atoms with E-state index in [-0.39, 0.29) is 18.4 Å². The Hall–Kier alpha value is -1.13. The van der Waals surface area contributed by atoms with Crippen molar-refractivity contribution < 1.29 is 9.90 Å². The zero-order chi connectivity index (χ0) is 14.7. The quantitative estimate of drug-likeness (QED) is 0.840. The summed E-state index contributed by atoms with van der Waals surface area (Å²) in [6.45, 7) is 8.56. The summed E-state index contributed by atoms with van der Waals surface area (Å²) in [5.74, 6) is 0.179. The second-order valence-electron chi connectivity index (χ2n) is 5.75. The molecular weight excluding hydrogens is 252 g/mol. The van der Waals surface area contributed by atoms with Gasteiger partial charge in [-0.15, -0.1) is 0 Å². The van der Waals surface area contributed by atoms with E-state index < -0.39 is 0 Å². The highest BCUT2D eigenvalue weighted by atomic mass is 16.3. The number of Topliss-reactive ketones (excluding diaryl/α,β-unsaturated/α-hetero) is 1. The lowest BCUT2D eigenvalue weighted by Crippen LogP contribution is -2.44. The number of hydrogen-bond donors (Lipinski definition) is 1. The van der Waals surface area contributed by atoms with Gasteiger partial charge in [0.1, 0.15) is 0 Å². The summed E-state index contributed by atoms with van der Waals surface area (Å²) in [4.78, 5) is 14.7. The molecule has 0 radical (unpaired) electrons. The first-order chi connectivity index (χ1) is 9.58. The van der Waals surface area contributed by atoms with Crippen molar-refractivity contribution in [3.8, 4) is 0 Å². The van der Waals surface area contributed by atoms with Crippen LogP contribution in [0.25, 0.3) is 0 Å². The molecule has 0 spiro atoms. The number of ketones is 1. The summed E-state index contributed by atoms with van der Waals surface area (Å²) in [6.07, 6.45) is 3.27. The molecule has 20 heavy (non-hydrogen) atoms. The highest BCUT2D eigenvalue weighted by Gasteiger charge is 2.25. The number of aliphatic hydroxyl groups is 1. The maximum Gasteiger partial charge on any atom is 0.178 e. The average Bonchev–Trinajstić information content (AvgIpc) is 2.74. The number of likely N-dealkylation sites (tertiary alicyclic amines) is 1. The van der Waals surface area contributed by atoms with Crippen LogP contribution in [0.15, 0.2) is 6.07 Å². The van der Waals surface area contributed by atoms with Gasteiger partial charge in [0.05, 0.1) is 13.2 Å². The van der Waals surface area contributed by atoms with Gasteiger partial charge in [-0.05, 0) is 46.2 Å². The van der Waals surface area contributed by atoms with Crippen molar-refractivity contribution in [3.05, 3.63) is 23.0 Å². The summed E-state index contributed by atoms with van der Waals surface area (Å²) in [5, 5.41) is 9.43. The van der Waals surface area contributed by atoms with Gasteiger partial charge in [-0.1, -0.05) is 6.42 Å². The lowest BCUT2D eigenvalue weighted by molar-refractivity contribution is 0.0711. The van der Waals surface area contributed by atoms with Gasteiger partial charge in [0.15, 0.2) is 5.78 Å². The van der Waals surface area contributed by atoms with Crippen LogP contribution in [0.4, 0.5) is 0 Å². The van der Waals surface area contributed by atoms with Crippen LogP contribution >= 0.6 is 0 Å². The first kappa shape index (κ1) is 15.3. The summed E-state index contributed by atoms with van der Waals surface area (Å²) < 4.78 is 2.17. The van der Waals surface area contributed by atoms with Crippen LogP contribution in [0.3, 0.4) is 0 Å². The molecule has 1 unspecified atom stereocenters. The van der Waals surface area contributed by atoms with Crippen molar-refractivity contribution in [2.45, 2.75) is 52.6 Å². The monoisotopic (exact) mass is 278 g/mol. The van der Waals surface area contributed by atoms with E-state index in [1.807, 2.05) is 19.9 Å². The minimum absolute atomic E-state index is 0.154. The van der Waals surface area contributed by atoms with Crippen molar-refractivity contribution in [2.24, 2.45) is 0 Å². The van der Waals surface area contributed by atoms with E-state index >= 15 is 0 Å². The Morgan fingerprint density at radius 2 is 2.15 bits per heavy atom. The third kappa shape index (κ3) is 2.96. The average molecular weight is 278 g/mol. The number of aliphatic hydroxyl groups excluding tert-OH is 1. The van der Waals surface area contributed by atoms with Gasteiger partial charge in [-0.3, -0.25) is 9.69 Å². The zero-order valence-corrected chi connectivity index (χ0v) is 12.9. The number of carbonyl (C=O) groups is 1. The molecular formula is C16H26N2O2. The largest absolute Gasteiger partial charge is 0.395 e. The second-order valence-corrected chi connectivity index (χ2v) is 5.75. The highest BCUT2D eigenvalue weighted by Crippen LogP contribution is 2.20. The fourth-order valence-electron chi connectivity index (χ4n) is 3.31. The Kier molecular flexibility index (Phi) is 5.00. The van der Waals surface area contributed by atoms with Crippen molar-refractivity contribution in [1.82, 2.24) is 9.47 Å². The fourth-order valence-corrected chi connectivity index (χ4v) is 3.31. The molecule has 4 nitrogen and oxygen atoms in total. The van der Waals surface area contributed by atoms with Crippen molar-refractivity contribution in [1.29, 1.82) is 0 Å². The lowest BCUT2D eigenvalue weighted by atomic mass is 10.0. The fraction of sp³-hybridized carbons (Fsp3) is 0.688. The predicted molar refractivity (Wildman–Crippen MR) is 80.2 cm³/mol. The van der Waals surface area contributed by atoms with E-state index in [1.54, 1.807) is 0 Å². The summed E-state index contributed by atoms with van der Waals surface area (Å²) in [6, 6.07) is 2.15. The number of aromatic nitrogens is 1. The SMILES string of the molecule is CCn1c(C)cc(C(=O)CN2CCCCC2CO)c1C. The maximum atomic E-state index is 12.5. The molecule has 1 fully saturated rings. The number of rotatable bonds is 5. The molecule has 0 bridgehead atoms. The van der Waals surface area contributed by atoms with E-state index in [2.05, 4.69) is 16.4 Å². The Morgan fingerprint density at radius 3 is 2.75 bits per heavy atom. The molecule has 1 atom stereocenters. The van der Waals surface area contributed by atoms with Crippen LogP contribution in [0.2, 0.25) is 0 Å². The van der Waals surface area contributed by atoms with Crippen LogP contribution in [0.1, 0.15) is 47.9 Å². The van der Waals surface area contributed by atoms with Crippen LogP contribution in [0, 0.1) is 13.8 Å². The molecule has 2 heterocycles. The smallest absolute Gasteiger partial charge is 0.178 e. The standard InChI is InChI=1S/C16H26N2O2/c1-4-18-12(2)9-15(13(18)3)16(20)10-17-8-6-5-7-14(17)11-19/h9,14,19H,4-8,10-11H2,1-3H3. The first-order valence-electron chi connectivity index (χ1n) is 7.63. The minimum Gasteiger partial charge on any atom is -0.395 e. The molecule has 2 rings (SSSR count). The number of nitrogens with zero attached hydrogens (tertiary/aromatic N) is 2. The van der Waals surface area contributed by atoms with E-state index in [4.69, 9.17) is 0 Å². The van der Waals surface area contributed by atoms with Crippen LogP contribution in [0.5, 0.6) is 0 Å². The van der Waals surface area contributed by atoms with Gasteiger partial charge in [0, 0.05) is 29.5 Å². The Morgan fingerprint density at radius 1 is 1.40 bits per heavy atom. The molecule has 0 amide bonds. The minimum atomic E-state index is 0.154. The van der Waals surface area contributed by atoms with Gasteiger partial charge in [-0.2, -0.15) is 0 Å². The normalized spacial score (nSPS) is 20.3. The number of carbonyl (C=O) groups excluding carboxylic acids is 1.